The zero-order valence-corrected chi connectivity index (χ0v) is 6.37. The van der Waals surface area contributed by atoms with Gasteiger partial charge in [0.05, 0.1) is 5.69 Å². The normalized spacial score (nSPS) is 13.0. The van der Waals surface area contributed by atoms with Gasteiger partial charge in [-0.3, -0.25) is 4.79 Å². The van der Waals surface area contributed by atoms with E-state index in [-0.39, 0.29) is 11.7 Å². The van der Waals surface area contributed by atoms with Crippen LogP contribution in [0.4, 0.5) is 0 Å². The van der Waals surface area contributed by atoms with Gasteiger partial charge in [0, 0.05) is 0 Å². The van der Waals surface area contributed by atoms with E-state index in [1.807, 2.05) is 0 Å². The van der Waals surface area contributed by atoms with Gasteiger partial charge in [0.15, 0.2) is 12.0 Å². The fourth-order valence-corrected chi connectivity index (χ4v) is 0.718. The van der Waals surface area contributed by atoms with Crippen LogP contribution in [0.25, 0.3) is 0 Å². The molecule has 0 saturated heterocycles. The van der Waals surface area contributed by atoms with Crippen molar-refractivity contribution >= 4 is 6.29 Å². The Morgan fingerprint density at radius 1 is 1.73 bits per heavy atom. The molecule has 1 aromatic heterocycles. The van der Waals surface area contributed by atoms with E-state index >= 15 is 0 Å². The summed E-state index contributed by atoms with van der Waals surface area (Å²) < 4.78 is 4.90. The van der Waals surface area contributed by atoms with E-state index in [0.29, 0.717) is 12.0 Å². The van der Waals surface area contributed by atoms with Crippen LogP contribution in [0.1, 0.15) is 35.2 Å². The van der Waals surface area contributed by atoms with E-state index in [2.05, 4.69) is 4.98 Å². The Morgan fingerprint density at radius 3 is 2.64 bits per heavy atom. The summed E-state index contributed by atoms with van der Waals surface area (Å²) in [5.41, 5.74) is 0.510. The highest BCUT2D eigenvalue weighted by Crippen LogP contribution is 2.14. The summed E-state index contributed by atoms with van der Waals surface area (Å²) in [7, 11) is 0. The van der Waals surface area contributed by atoms with Crippen LogP contribution in [-0.2, 0) is 0 Å². The summed E-state index contributed by atoms with van der Waals surface area (Å²) in [6, 6.07) is 0. The van der Waals surface area contributed by atoms with Gasteiger partial charge in [0.25, 0.3) is 0 Å². The Kier molecular flexibility index (Phi) is 2.05. The van der Waals surface area contributed by atoms with Gasteiger partial charge < -0.3 is 9.52 Å². The molecule has 0 aliphatic rings. The maximum Gasteiger partial charge on any atom is 0.223 e. The molecule has 1 rings (SSSR count). The maximum absolute atomic E-state index is 10.2. The molecule has 1 aromatic rings. The summed E-state index contributed by atoms with van der Waals surface area (Å²) in [5, 5.41) is 8.98. The van der Waals surface area contributed by atoms with Crippen molar-refractivity contribution in [3.8, 4) is 0 Å². The first-order chi connectivity index (χ1) is 5.15. The fraction of sp³-hybridized carbons (Fsp3) is 0.429. The molecular weight excluding hydrogens is 146 g/mol. The topological polar surface area (TPSA) is 63.3 Å². The monoisotopic (exact) mass is 155 g/mol. The zero-order chi connectivity index (χ0) is 8.43. The Morgan fingerprint density at radius 2 is 2.36 bits per heavy atom. The highest BCUT2D eigenvalue weighted by Gasteiger charge is 2.11. The van der Waals surface area contributed by atoms with E-state index in [4.69, 9.17) is 9.52 Å². The average Bonchev–Trinajstić information content (AvgIpc) is 2.31. The van der Waals surface area contributed by atoms with Crippen LogP contribution in [0.3, 0.4) is 0 Å². The summed E-state index contributed by atoms with van der Waals surface area (Å²) >= 11 is 0. The lowest BCUT2D eigenvalue weighted by molar-refractivity contribution is 0.108. The van der Waals surface area contributed by atoms with Crippen LogP contribution in [-0.4, -0.2) is 16.4 Å². The van der Waals surface area contributed by atoms with E-state index in [1.54, 1.807) is 6.92 Å². The summed E-state index contributed by atoms with van der Waals surface area (Å²) in [6.45, 7) is 3.18. The molecule has 0 aromatic carbocycles. The number of aliphatic hydroxyl groups excluding tert-OH is 1. The second kappa shape index (κ2) is 2.84. The number of oxazole rings is 1. The molecule has 1 atom stereocenters. The number of hydrogen-bond acceptors (Lipinski definition) is 4. The van der Waals surface area contributed by atoms with Gasteiger partial charge in [-0.25, -0.2) is 4.98 Å². The SMILES string of the molecule is Cc1nc([C@H](C)O)oc1C=O. The zero-order valence-electron chi connectivity index (χ0n) is 6.37. The predicted octanol–water partition coefficient (Wildman–Crippen LogP) is 0.849. The minimum absolute atomic E-state index is 0.181. The van der Waals surface area contributed by atoms with Gasteiger partial charge in [-0.2, -0.15) is 0 Å². The third-order valence-corrected chi connectivity index (χ3v) is 1.31. The minimum Gasteiger partial charge on any atom is -0.435 e. The molecule has 60 valence electrons. The predicted molar refractivity (Wildman–Crippen MR) is 37.3 cm³/mol. The molecule has 0 aliphatic heterocycles. The van der Waals surface area contributed by atoms with Crippen LogP contribution >= 0.6 is 0 Å². The van der Waals surface area contributed by atoms with E-state index < -0.39 is 6.10 Å². The summed E-state index contributed by atoms with van der Waals surface area (Å²) in [6.07, 6.45) is -0.184. The molecular formula is C7H9NO3. The van der Waals surface area contributed by atoms with Gasteiger partial charge in [0.1, 0.15) is 6.10 Å². The smallest absolute Gasteiger partial charge is 0.223 e. The number of carbonyl (C=O) groups excluding carboxylic acids is 1. The van der Waals surface area contributed by atoms with Gasteiger partial charge >= 0.3 is 0 Å². The van der Waals surface area contributed by atoms with Crippen molar-refractivity contribution in [3.05, 3.63) is 17.3 Å². The molecule has 11 heavy (non-hydrogen) atoms. The maximum atomic E-state index is 10.2. The lowest BCUT2D eigenvalue weighted by Gasteiger charge is -1.93. The third kappa shape index (κ3) is 1.46. The van der Waals surface area contributed by atoms with Crippen LogP contribution in [0, 0.1) is 6.92 Å². The quantitative estimate of drug-likeness (QED) is 0.643. The highest BCUT2D eigenvalue weighted by molar-refractivity contribution is 5.71. The molecule has 4 heteroatoms. The molecule has 1 heterocycles. The molecule has 0 unspecified atom stereocenters. The lowest BCUT2D eigenvalue weighted by Crippen LogP contribution is -1.89. The Balaban J connectivity index is 3.04. The number of aromatic nitrogens is 1. The van der Waals surface area contributed by atoms with Gasteiger partial charge in [-0.1, -0.05) is 0 Å². The second-order valence-corrected chi connectivity index (χ2v) is 2.30. The summed E-state index contributed by atoms with van der Waals surface area (Å²) in [5.74, 6) is 0.366. The molecule has 0 fully saturated rings. The molecule has 1 N–H and O–H groups in total. The highest BCUT2D eigenvalue weighted by atomic mass is 16.4. The number of rotatable bonds is 2. The lowest BCUT2D eigenvalue weighted by atomic mass is 10.4. The van der Waals surface area contributed by atoms with Crippen LogP contribution < -0.4 is 0 Å². The van der Waals surface area contributed by atoms with Crippen molar-refractivity contribution in [1.82, 2.24) is 4.98 Å². The van der Waals surface area contributed by atoms with Crippen molar-refractivity contribution in [2.24, 2.45) is 0 Å². The molecule has 0 spiro atoms. The molecule has 4 nitrogen and oxygen atoms in total. The van der Waals surface area contributed by atoms with Crippen LogP contribution in [0.2, 0.25) is 0 Å². The number of carbonyl (C=O) groups is 1. The van der Waals surface area contributed by atoms with Crippen molar-refractivity contribution < 1.29 is 14.3 Å². The second-order valence-electron chi connectivity index (χ2n) is 2.30. The number of aldehydes is 1. The average molecular weight is 155 g/mol. The molecule has 0 saturated carbocycles. The van der Waals surface area contributed by atoms with Gasteiger partial charge in [-0.05, 0) is 13.8 Å². The standard InChI is InChI=1S/C7H9NO3/c1-4-6(3-9)11-7(8-4)5(2)10/h3,5,10H,1-2H3/t5-/m0/s1. The first kappa shape index (κ1) is 7.94. The van der Waals surface area contributed by atoms with Crippen LogP contribution in [0.15, 0.2) is 4.42 Å². The minimum atomic E-state index is -0.762. The van der Waals surface area contributed by atoms with E-state index in [1.165, 1.54) is 6.92 Å². The Hall–Kier alpha value is -1.16. The van der Waals surface area contributed by atoms with Crippen LogP contribution in [0.5, 0.6) is 0 Å². The van der Waals surface area contributed by atoms with E-state index in [0.717, 1.165) is 0 Å². The van der Waals surface area contributed by atoms with Gasteiger partial charge in [0.2, 0.25) is 5.89 Å². The van der Waals surface area contributed by atoms with Crippen molar-refractivity contribution in [1.29, 1.82) is 0 Å². The molecule has 0 bridgehead atoms. The Bertz CT molecular complexity index is 265. The fourth-order valence-electron chi connectivity index (χ4n) is 0.718. The number of nitrogens with zero attached hydrogens (tertiary/aromatic N) is 1. The van der Waals surface area contributed by atoms with Crippen molar-refractivity contribution in [2.45, 2.75) is 20.0 Å². The van der Waals surface area contributed by atoms with Crippen molar-refractivity contribution in [3.63, 3.8) is 0 Å². The first-order valence-electron chi connectivity index (χ1n) is 3.25. The first-order valence-corrected chi connectivity index (χ1v) is 3.25. The van der Waals surface area contributed by atoms with Crippen molar-refractivity contribution in [2.75, 3.05) is 0 Å². The van der Waals surface area contributed by atoms with Gasteiger partial charge in [-0.15, -0.1) is 0 Å². The molecule has 0 radical (unpaired) electrons. The number of aliphatic hydroxyl groups is 1. The third-order valence-electron chi connectivity index (χ3n) is 1.31. The number of aryl methyl sites for hydroxylation is 1. The summed E-state index contributed by atoms with van der Waals surface area (Å²) in [4.78, 5) is 14.1. The number of hydrogen-bond donors (Lipinski definition) is 1. The molecule has 0 aliphatic carbocycles. The van der Waals surface area contributed by atoms with E-state index in [9.17, 15) is 4.79 Å². The largest absolute Gasteiger partial charge is 0.435 e. The Labute approximate surface area is 63.9 Å². The molecule has 0 amide bonds.